The lowest BCUT2D eigenvalue weighted by Gasteiger charge is -2.21. The lowest BCUT2D eigenvalue weighted by Crippen LogP contribution is -2.34. The first-order valence-electron chi connectivity index (χ1n) is 10.1. The van der Waals surface area contributed by atoms with Crippen LogP contribution in [0.3, 0.4) is 0 Å². The van der Waals surface area contributed by atoms with Crippen LogP contribution in [0.2, 0.25) is 0 Å². The summed E-state index contributed by atoms with van der Waals surface area (Å²) < 4.78 is 16.6. The van der Waals surface area contributed by atoms with E-state index in [4.69, 9.17) is 13.9 Å². The molecule has 3 aromatic carbocycles. The predicted molar refractivity (Wildman–Crippen MR) is 117 cm³/mol. The van der Waals surface area contributed by atoms with Gasteiger partial charge in [0.2, 0.25) is 12.7 Å². The van der Waals surface area contributed by atoms with Crippen LogP contribution in [0.25, 0.3) is 22.6 Å². The smallest absolute Gasteiger partial charge is 0.322 e. The monoisotopic (exact) mass is 415 g/mol. The first-order valence-corrected chi connectivity index (χ1v) is 10.1. The second-order valence-corrected chi connectivity index (χ2v) is 7.20. The Morgan fingerprint density at radius 1 is 1.03 bits per heavy atom. The summed E-state index contributed by atoms with van der Waals surface area (Å²) in [4.78, 5) is 19.0. The topological polar surface area (TPSA) is 76.8 Å². The Kier molecular flexibility index (Phi) is 4.92. The third-order valence-corrected chi connectivity index (χ3v) is 5.16. The van der Waals surface area contributed by atoms with Crippen LogP contribution < -0.4 is 14.8 Å². The highest BCUT2D eigenvalue weighted by Crippen LogP contribution is 2.33. The maximum atomic E-state index is 12.8. The molecule has 0 unspecified atom stereocenters. The number of fused-ring (bicyclic) bond motifs is 2. The van der Waals surface area contributed by atoms with Gasteiger partial charge in [0.05, 0.1) is 0 Å². The Bertz CT molecular complexity index is 1200. The summed E-state index contributed by atoms with van der Waals surface area (Å²) in [6.45, 7) is 3.22. The van der Waals surface area contributed by atoms with Gasteiger partial charge in [-0.05, 0) is 61.0 Å². The number of carbonyl (C=O) groups excluding carboxylic acids is 1. The number of nitrogens with one attached hydrogen (secondary N) is 1. The maximum Gasteiger partial charge on any atom is 0.322 e. The number of benzene rings is 3. The van der Waals surface area contributed by atoms with Gasteiger partial charge in [0, 0.05) is 24.3 Å². The third kappa shape index (κ3) is 3.90. The molecule has 2 heterocycles. The van der Waals surface area contributed by atoms with E-state index in [9.17, 15) is 4.79 Å². The number of hydrogen-bond donors (Lipinski definition) is 1. The van der Waals surface area contributed by atoms with E-state index < -0.39 is 0 Å². The van der Waals surface area contributed by atoms with E-state index in [0.717, 1.165) is 28.0 Å². The number of hydrogen-bond acceptors (Lipinski definition) is 5. The van der Waals surface area contributed by atoms with Gasteiger partial charge >= 0.3 is 6.03 Å². The van der Waals surface area contributed by atoms with E-state index >= 15 is 0 Å². The van der Waals surface area contributed by atoms with Crippen molar-refractivity contribution in [3.63, 3.8) is 0 Å². The summed E-state index contributed by atoms with van der Waals surface area (Å²) >= 11 is 0. The predicted octanol–water partition coefficient (Wildman–Crippen LogP) is 5.28. The van der Waals surface area contributed by atoms with E-state index in [-0.39, 0.29) is 12.8 Å². The quantitative estimate of drug-likeness (QED) is 0.480. The molecule has 1 N–H and O–H groups in total. The van der Waals surface area contributed by atoms with Crippen molar-refractivity contribution in [1.82, 2.24) is 9.88 Å². The summed E-state index contributed by atoms with van der Waals surface area (Å²) in [5, 5.41) is 2.95. The van der Waals surface area contributed by atoms with Crippen molar-refractivity contribution in [3.8, 4) is 23.0 Å². The third-order valence-electron chi connectivity index (χ3n) is 5.16. The fraction of sp³-hybridized carbons (Fsp3) is 0.167. The normalized spacial score (nSPS) is 12.2. The highest BCUT2D eigenvalue weighted by atomic mass is 16.7. The fourth-order valence-corrected chi connectivity index (χ4v) is 3.48. The second kappa shape index (κ2) is 8.02. The Hall–Kier alpha value is -4.00. The largest absolute Gasteiger partial charge is 0.454 e. The molecule has 1 aliphatic heterocycles. The number of anilines is 1. The second-order valence-electron chi connectivity index (χ2n) is 7.20. The van der Waals surface area contributed by atoms with Gasteiger partial charge in [-0.15, -0.1) is 0 Å². The SMILES string of the molecule is CCN(Cc1ccc2c(c1)OCO2)C(=O)Nc1ccc(-c2nc3ccccc3o2)cc1. The van der Waals surface area contributed by atoms with Crippen LogP contribution in [0.15, 0.2) is 71.1 Å². The molecule has 1 aromatic heterocycles. The maximum absolute atomic E-state index is 12.8. The minimum atomic E-state index is -0.172. The van der Waals surface area contributed by atoms with Crippen LogP contribution in [0.1, 0.15) is 12.5 Å². The van der Waals surface area contributed by atoms with Gasteiger partial charge in [-0.1, -0.05) is 18.2 Å². The highest BCUT2D eigenvalue weighted by molar-refractivity contribution is 5.89. The average molecular weight is 415 g/mol. The molecule has 0 atom stereocenters. The van der Waals surface area contributed by atoms with Gasteiger partial charge < -0.3 is 24.1 Å². The van der Waals surface area contributed by atoms with E-state index in [1.807, 2.05) is 73.7 Å². The zero-order valence-corrected chi connectivity index (χ0v) is 17.0. The molecular weight excluding hydrogens is 394 g/mol. The Morgan fingerprint density at radius 2 is 1.84 bits per heavy atom. The van der Waals surface area contributed by atoms with Crippen LogP contribution in [-0.4, -0.2) is 29.3 Å². The molecular formula is C24H21N3O4. The van der Waals surface area contributed by atoms with E-state index in [1.165, 1.54) is 0 Å². The molecule has 0 spiro atoms. The standard InChI is InChI=1S/C24H21N3O4/c1-2-27(14-16-7-12-21-22(13-16)30-15-29-21)24(28)25-18-10-8-17(9-11-18)23-26-19-5-3-4-6-20(19)31-23/h3-13H,2,14-15H2,1H3,(H,25,28). The molecule has 5 rings (SSSR count). The van der Waals surface area contributed by atoms with Crippen molar-refractivity contribution in [1.29, 1.82) is 0 Å². The summed E-state index contributed by atoms with van der Waals surface area (Å²) in [6.07, 6.45) is 0. The molecule has 0 bridgehead atoms. The molecule has 7 nitrogen and oxygen atoms in total. The van der Waals surface area contributed by atoms with Crippen molar-refractivity contribution in [2.45, 2.75) is 13.5 Å². The first-order chi connectivity index (χ1) is 15.2. The Balaban J connectivity index is 1.26. The molecule has 4 aromatic rings. The number of para-hydroxylation sites is 2. The summed E-state index contributed by atoms with van der Waals surface area (Å²) in [7, 11) is 0. The molecule has 0 fully saturated rings. The van der Waals surface area contributed by atoms with E-state index in [0.29, 0.717) is 30.4 Å². The van der Waals surface area contributed by atoms with Crippen molar-refractivity contribution < 1.29 is 18.7 Å². The van der Waals surface area contributed by atoms with E-state index in [1.54, 1.807) is 4.90 Å². The van der Waals surface area contributed by atoms with Gasteiger partial charge in [0.1, 0.15) is 5.52 Å². The number of carbonyl (C=O) groups is 1. The molecule has 1 aliphatic rings. The van der Waals surface area contributed by atoms with Crippen molar-refractivity contribution in [2.24, 2.45) is 0 Å². The zero-order valence-electron chi connectivity index (χ0n) is 17.0. The minimum Gasteiger partial charge on any atom is -0.454 e. The number of urea groups is 1. The van der Waals surface area contributed by atoms with Crippen LogP contribution in [0, 0.1) is 0 Å². The van der Waals surface area contributed by atoms with E-state index in [2.05, 4.69) is 10.3 Å². The van der Waals surface area contributed by atoms with Crippen LogP contribution >= 0.6 is 0 Å². The van der Waals surface area contributed by atoms with Gasteiger partial charge in [-0.25, -0.2) is 9.78 Å². The van der Waals surface area contributed by atoms with Gasteiger partial charge in [0.15, 0.2) is 17.1 Å². The lowest BCUT2D eigenvalue weighted by molar-refractivity contribution is 0.174. The molecule has 156 valence electrons. The first kappa shape index (κ1) is 19.0. The zero-order chi connectivity index (χ0) is 21.2. The molecule has 0 saturated carbocycles. The van der Waals surface area contributed by atoms with Crippen LogP contribution in [0.5, 0.6) is 11.5 Å². The number of aromatic nitrogens is 1. The summed E-state index contributed by atoms with van der Waals surface area (Å²) in [6, 6.07) is 20.6. The fourth-order valence-electron chi connectivity index (χ4n) is 3.48. The Morgan fingerprint density at radius 3 is 2.65 bits per heavy atom. The number of ether oxygens (including phenoxy) is 2. The molecule has 7 heteroatoms. The van der Waals surface area contributed by atoms with Gasteiger partial charge in [-0.2, -0.15) is 0 Å². The number of oxazole rings is 1. The van der Waals surface area contributed by atoms with Gasteiger partial charge in [0.25, 0.3) is 0 Å². The van der Waals surface area contributed by atoms with Crippen molar-refractivity contribution in [2.75, 3.05) is 18.7 Å². The number of rotatable bonds is 5. The summed E-state index contributed by atoms with van der Waals surface area (Å²) in [5.74, 6) is 2.00. The number of nitrogens with zero attached hydrogens (tertiary/aromatic N) is 2. The highest BCUT2D eigenvalue weighted by Gasteiger charge is 2.17. The van der Waals surface area contributed by atoms with Crippen LogP contribution in [-0.2, 0) is 6.54 Å². The lowest BCUT2D eigenvalue weighted by atomic mass is 10.2. The van der Waals surface area contributed by atoms with Crippen molar-refractivity contribution in [3.05, 3.63) is 72.3 Å². The van der Waals surface area contributed by atoms with Crippen molar-refractivity contribution >= 4 is 22.8 Å². The minimum absolute atomic E-state index is 0.172. The summed E-state index contributed by atoms with van der Waals surface area (Å²) in [5.41, 5.74) is 4.09. The Labute approximate surface area is 179 Å². The van der Waals surface area contributed by atoms with Crippen LogP contribution in [0.4, 0.5) is 10.5 Å². The molecule has 0 aliphatic carbocycles. The molecule has 2 amide bonds. The molecule has 31 heavy (non-hydrogen) atoms. The van der Waals surface area contributed by atoms with Gasteiger partial charge in [-0.3, -0.25) is 0 Å². The number of amides is 2. The molecule has 0 radical (unpaired) electrons. The molecule has 0 saturated heterocycles. The average Bonchev–Trinajstić information content (AvgIpc) is 3.44.